The summed E-state index contributed by atoms with van der Waals surface area (Å²) in [5, 5.41) is 0. The third-order valence-electron chi connectivity index (χ3n) is 1.42. The standard InChI is InChI=1S/C8H15BrO2/c1-4-6-8(3,9)7(10)11-5-2/h4-6H2,1-3H3. The Morgan fingerprint density at radius 3 is 2.45 bits per heavy atom. The number of carbonyl (C=O) groups excluding carboxylic acids is 1. The maximum absolute atomic E-state index is 11.2. The van der Waals surface area contributed by atoms with Gasteiger partial charge in [-0.1, -0.05) is 29.3 Å². The van der Waals surface area contributed by atoms with E-state index in [0.29, 0.717) is 6.61 Å². The fourth-order valence-corrected chi connectivity index (χ4v) is 1.36. The van der Waals surface area contributed by atoms with E-state index in [0.717, 1.165) is 12.8 Å². The Balaban J connectivity index is 3.94. The lowest BCUT2D eigenvalue weighted by Crippen LogP contribution is -2.30. The minimum absolute atomic E-state index is 0.165. The van der Waals surface area contributed by atoms with Crippen molar-refractivity contribution in [3.05, 3.63) is 0 Å². The number of hydrogen-bond acceptors (Lipinski definition) is 2. The Morgan fingerprint density at radius 1 is 1.55 bits per heavy atom. The van der Waals surface area contributed by atoms with Crippen LogP contribution in [0.5, 0.6) is 0 Å². The summed E-state index contributed by atoms with van der Waals surface area (Å²) in [5.41, 5.74) is 0. The van der Waals surface area contributed by atoms with Gasteiger partial charge in [0.15, 0.2) is 0 Å². The first-order valence-electron chi connectivity index (χ1n) is 3.90. The fraction of sp³-hybridized carbons (Fsp3) is 0.875. The van der Waals surface area contributed by atoms with Crippen LogP contribution in [0.4, 0.5) is 0 Å². The summed E-state index contributed by atoms with van der Waals surface area (Å²) in [6.07, 6.45) is 1.78. The van der Waals surface area contributed by atoms with E-state index in [9.17, 15) is 4.79 Å². The minimum Gasteiger partial charge on any atom is -0.465 e. The van der Waals surface area contributed by atoms with Crippen molar-refractivity contribution in [1.29, 1.82) is 0 Å². The normalized spacial score (nSPS) is 15.6. The van der Waals surface area contributed by atoms with Crippen LogP contribution in [0, 0.1) is 0 Å². The van der Waals surface area contributed by atoms with Gasteiger partial charge in [0.05, 0.1) is 6.61 Å². The predicted octanol–water partition coefficient (Wildman–Crippen LogP) is 2.50. The third-order valence-corrected chi connectivity index (χ3v) is 2.14. The number of alkyl halides is 1. The molecule has 0 heterocycles. The van der Waals surface area contributed by atoms with Gasteiger partial charge in [-0.15, -0.1) is 0 Å². The topological polar surface area (TPSA) is 26.3 Å². The molecule has 0 aromatic heterocycles. The second-order valence-electron chi connectivity index (χ2n) is 2.67. The van der Waals surface area contributed by atoms with Crippen LogP contribution in [0.15, 0.2) is 0 Å². The first-order valence-corrected chi connectivity index (χ1v) is 4.70. The first-order chi connectivity index (χ1) is 5.04. The quantitative estimate of drug-likeness (QED) is 0.540. The van der Waals surface area contributed by atoms with Crippen molar-refractivity contribution in [3.8, 4) is 0 Å². The second-order valence-corrected chi connectivity index (χ2v) is 4.42. The molecule has 0 saturated heterocycles. The van der Waals surface area contributed by atoms with Gasteiger partial charge < -0.3 is 4.74 Å². The summed E-state index contributed by atoms with van der Waals surface area (Å²) in [6, 6.07) is 0. The zero-order valence-corrected chi connectivity index (χ0v) is 8.90. The maximum atomic E-state index is 11.2. The molecule has 0 spiro atoms. The van der Waals surface area contributed by atoms with Gasteiger partial charge in [0, 0.05) is 0 Å². The average Bonchev–Trinajstić information content (AvgIpc) is 1.88. The molecule has 1 unspecified atom stereocenters. The van der Waals surface area contributed by atoms with Crippen molar-refractivity contribution in [2.45, 2.75) is 37.9 Å². The highest BCUT2D eigenvalue weighted by molar-refractivity contribution is 9.10. The summed E-state index contributed by atoms with van der Waals surface area (Å²) in [6.45, 7) is 6.14. The van der Waals surface area contributed by atoms with Crippen LogP contribution in [-0.4, -0.2) is 16.9 Å². The molecule has 66 valence electrons. The van der Waals surface area contributed by atoms with Crippen LogP contribution < -0.4 is 0 Å². The number of halogens is 1. The summed E-state index contributed by atoms with van der Waals surface area (Å²) in [4.78, 5) is 11.2. The molecule has 0 amide bonds. The molecule has 0 bridgehead atoms. The highest BCUT2D eigenvalue weighted by Crippen LogP contribution is 2.24. The van der Waals surface area contributed by atoms with E-state index in [-0.39, 0.29) is 5.97 Å². The molecule has 0 rings (SSSR count). The van der Waals surface area contributed by atoms with Crippen molar-refractivity contribution in [2.75, 3.05) is 6.61 Å². The average molecular weight is 223 g/mol. The molecule has 0 aliphatic rings. The molecule has 0 N–H and O–H groups in total. The molecule has 2 nitrogen and oxygen atoms in total. The fourth-order valence-electron chi connectivity index (χ4n) is 0.853. The maximum Gasteiger partial charge on any atom is 0.322 e. The summed E-state index contributed by atoms with van der Waals surface area (Å²) < 4.78 is 4.39. The molecule has 0 aromatic carbocycles. The van der Waals surface area contributed by atoms with Crippen molar-refractivity contribution in [1.82, 2.24) is 0 Å². The Bertz CT molecular complexity index is 132. The van der Waals surface area contributed by atoms with Crippen molar-refractivity contribution in [2.24, 2.45) is 0 Å². The summed E-state index contributed by atoms with van der Waals surface area (Å²) >= 11 is 3.33. The van der Waals surface area contributed by atoms with Crippen LogP contribution >= 0.6 is 15.9 Å². The molecular weight excluding hydrogens is 208 g/mol. The smallest absolute Gasteiger partial charge is 0.322 e. The van der Waals surface area contributed by atoms with Crippen LogP contribution in [0.25, 0.3) is 0 Å². The lowest BCUT2D eigenvalue weighted by Gasteiger charge is -2.18. The summed E-state index contributed by atoms with van der Waals surface area (Å²) in [5.74, 6) is -0.165. The molecule has 0 fully saturated rings. The number of hydrogen-bond donors (Lipinski definition) is 0. The van der Waals surface area contributed by atoms with Crippen molar-refractivity contribution in [3.63, 3.8) is 0 Å². The van der Waals surface area contributed by atoms with Gasteiger partial charge in [0.2, 0.25) is 0 Å². The van der Waals surface area contributed by atoms with Gasteiger partial charge >= 0.3 is 5.97 Å². The van der Waals surface area contributed by atoms with E-state index >= 15 is 0 Å². The molecule has 0 aliphatic heterocycles. The number of esters is 1. The molecule has 1 atom stereocenters. The molecule has 11 heavy (non-hydrogen) atoms. The Kier molecular flexibility index (Phi) is 4.73. The van der Waals surface area contributed by atoms with E-state index in [1.807, 2.05) is 20.8 Å². The zero-order valence-electron chi connectivity index (χ0n) is 7.32. The first kappa shape index (κ1) is 11.0. The predicted molar refractivity (Wildman–Crippen MR) is 48.9 cm³/mol. The zero-order chi connectivity index (χ0) is 8.91. The number of carbonyl (C=O) groups is 1. The lowest BCUT2D eigenvalue weighted by atomic mass is 10.1. The van der Waals surface area contributed by atoms with Gasteiger partial charge in [-0.2, -0.15) is 0 Å². The molecule has 0 radical (unpaired) electrons. The Morgan fingerprint density at radius 2 is 2.09 bits per heavy atom. The minimum atomic E-state index is -0.488. The number of rotatable bonds is 4. The highest BCUT2D eigenvalue weighted by Gasteiger charge is 2.29. The van der Waals surface area contributed by atoms with Gasteiger partial charge in [-0.3, -0.25) is 4.79 Å². The van der Waals surface area contributed by atoms with Crippen LogP contribution in [-0.2, 0) is 9.53 Å². The van der Waals surface area contributed by atoms with E-state index in [1.54, 1.807) is 0 Å². The molecule has 0 aliphatic carbocycles. The van der Waals surface area contributed by atoms with E-state index in [2.05, 4.69) is 15.9 Å². The lowest BCUT2D eigenvalue weighted by molar-refractivity contribution is -0.145. The molecule has 0 aromatic rings. The highest BCUT2D eigenvalue weighted by atomic mass is 79.9. The van der Waals surface area contributed by atoms with Crippen molar-refractivity contribution < 1.29 is 9.53 Å². The van der Waals surface area contributed by atoms with E-state index in [1.165, 1.54) is 0 Å². The SMILES string of the molecule is CCCC(C)(Br)C(=O)OCC. The second kappa shape index (κ2) is 4.75. The van der Waals surface area contributed by atoms with E-state index < -0.39 is 4.32 Å². The molecule has 0 saturated carbocycles. The third kappa shape index (κ3) is 3.75. The van der Waals surface area contributed by atoms with Gasteiger partial charge in [0.25, 0.3) is 0 Å². The summed E-state index contributed by atoms with van der Waals surface area (Å²) in [7, 11) is 0. The van der Waals surface area contributed by atoms with Crippen LogP contribution in [0.2, 0.25) is 0 Å². The van der Waals surface area contributed by atoms with Crippen molar-refractivity contribution >= 4 is 21.9 Å². The Hall–Kier alpha value is -0.0500. The Labute approximate surface area is 76.4 Å². The van der Waals surface area contributed by atoms with Gasteiger partial charge in [-0.05, 0) is 20.3 Å². The molecular formula is C8H15BrO2. The van der Waals surface area contributed by atoms with Crippen LogP contribution in [0.3, 0.4) is 0 Å². The van der Waals surface area contributed by atoms with Crippen LogP contribution in [0.1, 0.15) is 33.6 Å². The van der Waals surface area contributed by atoms with Gasteiger partial charge in [-0.25, -0.2) is 0 Å². The van der Waals surface area contributed by atoms with Gasteiger partial charge in [0.1, 0.15) is 4.32 Å². The number of ether oxygens (including phenoxy) is 1. The largest absolute Gasteiger partial charge is 0.465 e. The molecule has 3 heteroatoms. The monoisotopic (exact) mass is 222 g/mol. The van der Waals surface area contributed by atoms with E-state index in [4.69, 9.17) is 4.74 Å².